The summed E-state index contributed by atoms with van der Waals surface area (Å²) in [7, 11) is 0. The van der Waals surface area contributed by atoms with E-state index < -0.39 is 0 Å². The second-order valence-corrected chi connectivity index (χ2v) is 4.61. The van der Waals surface area contributed by atoms with Gasteiger partial charge in [0.25, 0.3) is 0 Å². The van der Waals surface area contributed by atoms with Gasteiger partial charge in [-0.2, -0.15) is 0 Å². The highest BCUT2D eigenvalue weighted by molar-refractivity contribution is 7.80. The summed E-state index contributed by atoms with van der Waals surface area (Å²) < 4.78 is 0. The molecule has 0 radical (unpaired) electrons. The van der Waals surface area contributed by atoms with Gasteiger partial charge in [-0.15, -0.1) is 0 Å². The van der Waals surface area contributed by atoms with E-state index in [0.29, 0.717) is 10.9 Å². The standard InChI is InChI=1S/C12H18N2S/c1-8(2)7-14-11-5-4-10(12(13)15)6-9(11)3/h4-6,8,14H,7H2,1-3H3,(H2,13,15). The van der Waals surface area contributed by atoms with Gasteiger partial charge in [-0.25, -0.2) is 0 Å². The van der Waals surface area contributed by atoms with Crippen LogP contribution in [0.5, 0.6) is 0 Å². The highest BCUT2D eigenvalue weighted by atomic mass is 32.1. The average molecular weight is 222 g/mol. The maximum Gasteiger partial charge on any atom is 0.103 e. The van der Waals surface area contributed by atoms with Crippen LogP contribution in [0, 0.1) is 12.8 Å². The lowest BCUT2D eigenvalue weighted by Gasteiger charge is -2.12. The van der Waals surface area contributed by atoms with Gasteiger partial charge in [0.2, 0.25) is 0 Å². The van der Waals surface area contributed by atoms with Crippen LogP contribution in [0.25, 0.3) is 0 Å². The molecule has 82 valence electrons. The summed E-state index contributed by atoms with van der Waals surface area (Å²) in [6.45, 7) is 7.41. The molecule has 0 heterocycles. The van der Waals surface area contributed by atoms with Crippen LogP contribution in [-0.4, -0.2) is 11.5 Å². The average Bonchev–Trinajstić information content (AvgIpc) is 2.15. The molecule has 0 atom stereocenters. The first-order valence-corrected chi connectivity index (χ1v) is 5.56. The van der Waals surface area contributed by atoms with E-state index in [1.807, 2.05) is 18.2 Å². The summed E-state index contributed by atoms with van der Waals surface area (Å²) >= 11 is 4.93. The predicted molar refractivity (Wildman–Crippen MR) is 70.4 cm³/mol. The van der Waals surface area contributed by atoms with Crippen molar-refractivity contribution >= 4 is 22.9 Å². The van der Waals surface area contributed by atoms with E-state index in [9.17, 15) is 0 Å². The first-order chi connectivity index (χ1) is 7.00. The van der Waals surface area contributed by atoms with Gasteiger partial charge in [0.05, 0.1) is 0 Å². The SMILES string of the molecule is Cc1cc(C(N)=S)ccc1NCC(C)C. The van der Waals surface area contributed by atoms with E-state index in [1.165, 1.54) is 5.56 Å². The second kappa shape index (κ2) is 5.12. The Morgan fingerprint density at radius 1 is 1.47 bits per heavy atom. The van der Waals surface area contributed by atoms with Gasteiger partial charge < -0.3 is 11.1 Å². The summed E-state index contributed by atoms with van der Waals surface area (Å²) in [4.78, 5) is 0.452. The Balaban J connectivity index is 2.79. The second-order valence-electron chi connectivity index (χ2n) is 4.17. The Kier molecular flexibility index (Phi) is 4.09. The molecule has 1 aromatic rings. The largest absolute Gasteiger partial charge is 0.389 e. The zero-order chi connectivity index (χ0) is 11.4. The molecule has 0 fully saturated rings. The number of rotatable bonds is 4. The molecule has 0 aliphatic carbocycles. The zero-order valence-electron chi connectivity index (χ0n) is 9.50. The van der Waals surface area contributed by atoms with Crippen molar-refractivity contribution in [1.29, 1.82) is 0 Å². The molecule has 15 heavy (non-hydrogen) atoms. The summed E-state index contributed by atoms with van der Waals surface area (Å²) in [6.07, 6.45) is 0. The third-order valence-electron chi connectivity index (χ3n) is 2.21. The minimum atomic E-state index is 0.452. The van der Waals surface area contributed by atoms with Crippen molar-refractivity contribution in [3.8, 4) is 0 Å². The van der Waals surface area contributed by atoms with E-state index in [0.717, 1.165) is 17.8 Å². The first-order valence-electron chi connectivity index (χ1n) is 5.15. The molecule has 0 aliphatic rings. The van der Waals surface area contributed by atoms with Crippen molar-refractivity contribution in [3.05, 3.63) is 29.3 Å². The number of nitrogens with two attached hydrogens (primary N) is 1. The Hall–Kier alpha value is -1.09. The van der Waals surface area contributed by atoms with Crippen molar-refractivity contribution in [1.82, 2.24) is 0 Å². The summed E-state index contributed by atoms with van der Waals surface area (Å²) in [5, 5.41) is 3.39. The number of hydrogen-bond acceptors (Lipinski definition) is 2. The van der Waals surface area contributed by atoms with Crippen molar-refractivity contribution < 1.29 is 0 Å². The van der Waals surface area contributed by atoms with Crippen molar-refractivity contribution in [2.24, 2.45) is 11.7 Å². The predicted octanol–water partition coefficient (Wildman–Crippen LogP) is 2.70. The Bertz CT molecular complexity index is 359. The van der Waals surface area contributed by atoms with E-state index in [4.69, 9.17) is 18.0 Å². The summed E-state index contributed by atoms with van der Waals surface area (Å²) in [5.41, 5.74) is 8.83. The van der Waals surface area contributed by atoms with Gasteiger partial charge in [0.1, 0.15) is 4.99 Å². The van der Waals surface area contributed by atoms with Crippen LogP contribution in [0.4, 0.5) is 5.69 Å². The zero-order valence-corrected chi connectivity index (χ0v) is 10.3. The summed E-state index contributed by atoms with van der Waals surface area (Å²) in [6, 6.07) is 6.01. The third kappa shape index (κ3) is 3.51. The molecule has 0 bridgehead atoms. The molecule has 0 amide bonds. The molecule has 2 nitrogen and oxygen atoms in total. The number of aryl methyl sites for hydroxylation is 1. The van der Waals surface area contributed by atoms with E-state index in [-0.39, 0.29) is 0 Å². The number of thiocarbonyl (C=S) groups is 1. The lowest BCUT2D eigenvalue weighted by atomic mass is 10.1. The Labute approximate surface area is 96.9 Å². The van der Waals surface area contributed by atoms with E-state index in [2.05, 4.69) is 26.1 Å². The molecular formula is C12H18N2S. The van der Waals surface area contributed by atoms with Gasteiger partial charge >= 0.3 is 0 Å². The van der Waals surface area contributed by atoms with Crippen LogP contribution in [0.1, 0.15) is 25.0 Å². The molecule has 0 aromatic heterocycles. The Morgan fingerprint density at radius 2 is 2.13 bits per heavy atom. The molecule has 0 spiro atoms. The normalized spacial score (nSPS) is 10.4. The lowest BCUT2D eigenvalue weighted by molar-refractivity contribution is 0.688. The van der Waals surface area contributed by atoms with Gasteiger partial charge in [0, 0.05) is 17.8 Å². The Morgan fingerprint density at radius 3 is 2.60 bits per heavy atom. The molecule has 0 saturated heterocycles. The topological polar surface area (TPSA) is 38.0 Å². The first kappa shape index (κ1) is 12.0. The fourth-order valence-corrected chi connectivity index (χ4v) is 1.46. The minimum absolute atomic E-state index is 0.452. The number of hydrogen-bond donors (Lipinski definition) is 2. The van der Waals surface area contributed by atoms with E-state index >= 15 is 0 Å². The monoisotopic (exact) mass is 222 g/mol. The highest BCUT2D eigenvalue weighted by Gasteiger charge is 2.02. The smallest absolute Gasteiger partial charge is 0.103 e. The quantitative estimate of drug-likeness (QED) is 0.769. The van der Waals surface area contributed by atoms with Crippen LogP contribution >= 0.6 is 12.2 Å². The van der Waals surface area contributed by atoms with Crippen molar-refractivity contribution in [2.75, 3.05) is 11.9 Å². The molecular weight excluding hydrogens is 204 g/mol. The van der Waals surface area contributed by atoms with Crippen LogP contribution in [-0.2, 0) is 0 Å². The lowest BCUT2D eigenvalue weighted by Crippen LogP contribution is -2.12. The maximum atomic E-state index is 5.57. The van der Waals surface area contributed by atoms with Crippen LogP contribution in [0.15, 0.2) is 18.2 Å². The number of nitrogens with one attached hydrogen (secondary N) is 1. The molecule has 1 aromatic carbocycles. The maximum absolute atomic E-state index is 5.57. The molecule has 0 unspecified atom stereocenters. The molecule has 3 heteroatoms. The van der Waals surface area contributed by atoms with Gasteiger partial charge in [-0.05, 0) is 36.6 Å². The number of anilines is 1. The van der Waals surface area contributed by atoms with Crippen molar-refractivity contribution in [2.45, 2.75) is 20.8 Å². The third-order valence-corrected chi connectivity index (χ3v) is 2.45. The van der Waals surface area contributed by atoms with E-state index in [1.54, 1.807) is 0 Å². The van der Waals surface area contributed by atoms with Crippen LogP contribution < -0.4 is 11.1 Å². The molecule has 0 aliphatic heterocycles. The van der Waals surface area contributed by atoms with Gasteiger partial charge in [0.15, 0.2) is 0 Å². The fourth-order valence-electron chi connectivity index (χ4n) is 1.33. The number of benzene rings is 1. The van der Waals surface area contributed by atoms with Gasteiger partial charge in [-0.3, -0.25) is 0 Å². The fraction of sp³-hybridized carbons (Fsp3) is 0.417. The van der Waals surface area contributed by atoms with Crippen LogP contribution in [0.2, 0.25) is 0 Å². The summed E-state index contributed by atoms with van der Waals surface area (Å²) in [5.74, 6) is 0.639. The van der Waals surface area contributed by atoms with Crippen LogP contribution in [0.3, 0.4) is 0 Å². The van der Waals surface area contributed by atoms with Gasteiger partial charge in [-0.1, -0.05) is 26.1 Å². The minimum Gasteiger partial charge on any atom is -0.389 e. The molecule has 0 saturated carbocycles. The van der Waals surface area contributed by atoms with Crippen molar-refractivity contribution in [3.63, 3.8) is 0 Å². The highest BCUT2D eigenvalue weighted by Crippen LogP contribution is 2.16. The molecule has 3 N–H and O–H groups in total. The molecule has 1 rings (SSSR count).